The molecule has 0 bridgehead atoms. The van der Waals surface area contributed by atoms with Gasteiger partial charge in [-0.05, 0) is 19.3 Å². The first-order valence-electron chi connectivity index (χ1n) is 7.78. The number of unbranched alkanes of at least 4 members (excludes halogenated alkanes) is 6. The van der Waals surface area contributed by atoms with Crippen LogP contribution in [0.1, 0.15) is 64.7 Å². The highest BCUT2D eigenvalue weighted by atomic mass is 79.9. The minimum absolute atomic E-state index is 0.447. The van der Waals surface area contributed by atoms with Gasteiger partial charge in [0.1, 0.15) is 6.79 Å². The predicted octanol–water partition coefficient (Wildman–Crippen LogP) is 5.46. The van der Waals surface area contributed by atoms with Crippen molar-refractivity contribution in [2.45, 2.75) is 64.7 Å². The molecule has 0 spiro atoms. The second-order valence-electron chi connectivity index (χ2n) is 4.79. The summed E-state index contributed by atoms with van der Waals surface area (Å²) in [6.07, 6.45) is 15.7. The average Bonchev–Trinajstić information content (AvgIpc) is 2.43. The van der Waals surface area contributed by atoms with Gasteiger partial charge in [0, 0.05) is 11.9 Å². The van der Waals surface area contributed by atoms with Gasteiger partial charge in [-0.2, -0.15) is 0 Å². The van der Waals surface area contributed by atoms with E-state index in [1.54, 1.807) is 0 Å². The summed E-state index contributed by atoms with van der Waals surface area (Å²) in [5.41, 5.74) is 0. The maximum Gasteiger partial charge on any atom is 0.146 e. The van der Waals surface area contributed by atoms with Gasteiger partial charge in [0.2, 0.25) is 0 Å². The SMILES string of the molecule is CCCCCCCCCOCOCC/C=C\CCBr. The van der Waals surface area contributed by atoms with E-state index in [1.165, 1.54) is 44.9 Å². The van der Waals surface area contributed by atoms with Gasteiger partial charge in [0.15, 0.2) is 0 Å². The van der Waals surface area contributed by atoms with Crippen molar-refractivity contribution in [1.29, 1.82) is 0 Å². The van der Waals surface area contributed by atoms with Crippen LogP contribution in [0.5, 0.6) is 0 Å². The number of ether oxygens (including phenoxy) is 2. The maximum absolute atomic E-state index is 5.44. The van der Waals surface area contributed by atoms with Crippen LogP contribution in [0.3, 0.4) is 0 Å². The Morgan fingerprint density at radius 2 is 1.42 bits per heavy atom. The minimum atomic E-state index is 0.447. The predicted molar refractivity (Wildman–Crippen MR) is 86.9 cm³/mol. The van der Waals surface area contributed by atoms with Gasteiger partial charge in [0.05, 0.1) is 6.61 Å². The Morgan fingerprint density at radius 1 is 0.789 bits per heavy atom. The third kappa shape index (κ3) is 18.1. The molecule has 3 heteroatoms. The molecule has 0 radical (unpaired) electrons. The topological polar surface area (TPSA) is 18.5 Å². The molecule has 0 aliphatic heterocycles. The molecule has 0 aliphatic carbocycles. The zero-order valence-electron chi connectivity index (χ0n) is 12.5. The summed E-state index contributed by atoms with van der Waals surface area (Å²) in [7, 11) is 0. The third-order valence-electron chi connectivity index (χ3n) is 2.93. The Labute approximate surface area is 128 Å². The summed E-state index contributed by atoms with van der Waals surface area (Å²) >= 11 is 3.39. The van der Waals surface area contributed by atoms with Crippen LogP contribution in [0, 0.1) is 0 Å². The van der Waals surface area contributed by atoms with Gasteiger partial charge in [-0.1, -0.05) is 73.5 Å². The fourth-order valence-electron chi connectivity index (χ4n) is 1.79. The van der Waals surface area contributed by atoms with Crippen molar-refractivity contribution >= 4 is 15.9 Å². The second kappa shape index (κ2) is 18.1. The fourth-order valence-corrected chi connectivity index (χ4v) is 2.05. The minimum Gasteiger partial charge on any atom is -0.355 e. The van der Waals surface area contributed by atoms with Crippen molar-refractivity contribution in [1.82, 2.24) is 0 Å². The van der Waals surface area contributed by atoms with Crippen LogP contribution in [-0.2, 0) is 9.47 Å². The standard InChI is InChI=1S/C16H31BrO2/c1-2-3-4-5-6-8-11-14-18-16-19-15-12-9-7-10-13-17/h7,9H,2-6,8,10-16H2,1H3/b9-7-. The van der Waals surface area contributed by atoms with E-state index in [2.05, 4.69) is 35.0 Å². The Kier molecular flexibility index (Phi) is 18.3. The molecule has 0 heterocycles. The molecule has 0 saturated heterocycles. The molecular formula is C16H31BrO2. The van der Waals surface area contributed by atoms with Crippen LogP contribution >= 0.6 is 15.9 Å². The lowest BCUT2D eigenvalue weighted by Crippen LogP contribution is -2.02. The second-order valence-corrected chi connectivity index (χ2v) is 5.59. The molecular weight excluding hydrogens is 304 g/mol. The van der Waals surface area contributed by atoms with Gasteiger partial charge in [-0.15, -0.1) is 0 Å². The zero-order chi connectivity index (χ0) is 14.0. The van der Waals surface area contributed by atoms with Crippen LogP contribution in [0.15, 0.2) is 12.2 Å². The lowest BCUT2D eigenvalue weighted by Gasteiger charge is -2.05. The van der Waals surface area contributed by atoms with Crippen molar-refractivity contribution in [3.63, 3.8) is 0 Å². The summed E-state index contributed by atoms with van der Waals surface area (Å²) < 4.78 is 10.8. The molecule has 0 unspecified atom stereocenters. The van der Waals surface area contributed by atoms with Crippen molar-refractivity contribution in [3.8, 4) is 0 Å². The summed E-state index contributed by atoms with van der Waals surface area (Å²) in [6.45, 7) is 4.30. The molecule has 0 rings (SSSR count). The summed E-state index contributed by atoms with van der Waals surface area (Å²) in [4.78, 5) is 0. The monoisotopic (exact) mass is 334 g/mol. The van der Waals surface area contributed by atoms with Gasteiger partial charge < -0.3 is 9.47 Å². The molecule has 0 fully saturated rings. The van der Waals surface area contributed by atoms with Gasteiger partial charge in [-0.25, -0.2) is 0 Å². The number of alkyl halides is 1. The van der Waals surface area contributed by atoms with Gasteiger partial charge in [-0.3, -0.25) is 0 Å². The van der Waals surface area contributed by atoms with Crippen LogP contribution in [0.4, 0.5) is 0 Å². The molecule has 0 saturated carbocycles. The van der Waals surface area contributed by atoms with Gasteiger partial charge >= 0.3 is 0 Å². The zero-order valence-corrected chi connectivity index (χ0v) is 14.1. The summed E-state index contributed by atoms with van der Waals surface area (Å²) in [6, 6.07) is 0. The summed E-state index contributed by atoms with van der Waals surface area (Å²) in [5, 5.41) is 1.03. The van der Waals surface area contributed by atoms with Crippen molar-refractivity contribution in [3.05, 3.63) is 12.2 Å². The van der Waals surface area contributed by atoms with E-state index in [1.807, 2.05) is 0 Å². The molecule has 0 amide bonds. The van der Waals surface area contributed by atoms with E-state index in [-0.39, 0.29) is 0 Å². The Hall–Kier alpha value is 0.140. The molecule has 0 aliphatic rings. The Morgan fingerprint density at radius 3 is 2.16 bits per heavy atom. The lowest BCUT2D eigenvalue weighted by molar-refractivity contribution is -0.0531. The first-order valence-corrected chi connectivity index (χ1v) is 8.90. The normalized spacial score (nSPS) is 11.5. The molecule has 2 nitrogen and oxygen atoms in total. The molecule has 19 heavy (non-hydrogen) atoms. The lowest BCUT2D eigenvalue weighted by atomic mass is 10.1. The average molecular weight is 335 g/mol. The number of allylic oxidation sites excluding steroid dienone is 1. The molecule has 0 atom stereocenters. The maximum atomic E-state index is 5.44. The summed E-state index contributed by atoms with van der Waals surface area (Å²) in [5.74, 6) is 0. The highest BCUT2D eigenvalue weighted by molar-refractivity contribution is 9.09. The van der Waals surface area contributed by atoms with Crippen molar-refractivity contribution in [2.24, 2.45) is 0 Å². The first-order chi connectivity index (χ1) is 9.41. The van der Waals surface area contributed by atoms with E-state index in [9.17, 15) is 0 Å². The molecule has 0 N–H and O–H groups in total. The Bertz CT molecular complexity index is 184. The van der Waals surface area contributed by atoms with E-state index in [4.69, 9.17) is 9.47 Å². The quantitative estimate of drug-likeness (QED) is 0.171. The van der Waals surface area contributed by atoms with E-state index in [0.717, 1.165) is 31.4 Å². The molecule has 0 aromatic carbocycles. The van der Waals surface area contributed by atoms with E-state index in [0.29, 0.717) is 6.79 Å². The first kappa shape index (κ1) is 19.1. The Balaban J connectivity index is 2.95. The molecule has 0 aromatic heterocycles. The highest BCUT2D eigenvalue weighted by Gasteiger charge is 1.92. The number of hydrogen-bond donors (Lipinski definition) is 0. The van der Waals surface area contributed by atoms with Crippen molar-refractivity contribution < 1.29 is 9.47 Å². The van der Waals surface area contributed by atoms with Gasteiger partial charge in [0.25, 0.3) is 0 Å². The molecule has 114 valence electrons. The number of halogens is 1. The highest BCUT2D eigenvalue weighted by Crippen LogP contribution is 2.06. The van der Waals surface area contributed by atoms with Crippen molar-refractivity contribution in [2.75, 3.05) is 25.3 Å². The van der Waals surface area contributed by atoms with Crippen LogP contribution in [0.25, 0.3) is 0 Å². The molecule has 0 aromatic rings. The smallest absolute Gasteiger partial charge is 0.146 e. The van der Waals surface area contributed by atoms with Crippen LogP contribution < -0.4 is 0 Å². The van der Waals surface area contributed by atoms with Crippen LogP contribution in [0.2, 0.25) is 0 Å². The largest absolute Gasteiger partial charge is 0.355 e. The third-order valence-corrected chi connectivity index (χ3v) is 3.39. The number of hydrogen-bond acceptors (Lipinski definition) is 2. The van der Waals surface area contributed by atoms with E-state index >= 15 is 0 Å². The van der Waals surface area contributed by atoms with E-state index < -0.39 is 0 Å². The number of rotatable bonds is 15. The fraction of sp³-hybridized carbons (Fsp3) is 0.875. The van der Waals surface area contributed by atoms with Crippen LogP contribution in [-0.4, -0.2) is 25.3 Å².